The van der Waals surface area contributed by atoms with E-state index in [9.17, 15) is 24.2 Å². The summed E-state index contributed by atoms with van der Waals surface area (Å²) in [6.07, 6.45) is 1.88. The van der Waals surface area contributed by atoms with E-state index < -0.39 is 34.9 Å². The highest BCUT2D eigenvalue weighted by molar-refractivity contribution is 7.12. The van der Waals surface area contributed by atoms with E-state index in [1.165, 1.54) is 22.1 Å². The molecule has 148 valence electrons. The van der Waals surface area contributed by atoms with Crippen molar-refractivity contribution >= 4 is 34.2 Å². The van der Waals surface area contributed by atoms with Crippen LogP contribution in [-0.2, 0) is 0 Å². The first kappa shape index (κ1) is 20.3. The summed E-state index contributed by atoms with van der Waals surface area (Å²) in [5.41, 5.74) is 4.57. The maximum atomic E-state index is 14.7. The molecule has 3 aromatic heterocycles. The monoisotopic (exact) mass is 427 g/mol. The summed E-state index contributed by atoms with van der Waals surface area (Å²) >= 11 is 1.22. The molecule has 0 aromatic carbocycles. The Hall–Kier alpha value is -2.44. The number of carboxylic acid groups (broad SMARTS) is 1. The highest BCUT2D eigenvalue weighted by Crippen LogP contribution is 2.21. The third-order valence-electron chi connectivity index (χ3n) is 4.55. The van der Waals surface area contributed by atoms with Gasteiger partial charge in [-0.05, 0) is 6.07 Å². The molecule has 12 heteroatoms. The SMILES string of the molecule is N[C@H]1C[NH+](c2nc3c(cc2F)c(=O)c(C(=O)O)cn3-c2nccs2)C[C@@H]1O.[Cl-]. The predicted octanol–water partition coefficient (Wildman–Crippen LogP) is -4.10. The van der Waals surface area contributed by atoms with Crippen molar-refractivity contribution in [3.05, 3.63) is 45.4 Å². The summed E-state index contributed by atoms with van der Waals surface area (Å²) < 4.78 is 16.1. The van der Waals surface area contributed by atoms with Gasteiger partial charge in [0.25, 0.3) is 5.82 Å². The Morgan fingerprint density at radius 3 is 2.75 bits per heavy atom. The van der Waals surface area contributed by atoms with Gasteiger partial charge >= 0.3 is 5.97 Å². The van der Waals surface area contributed by atoms with Crippen LogP contribution in [0.2, 0.25) is 0 Å². The first-order valence-electron chi connectivity index (χ1n) is 8.04. The lowest BCUT2D eigenvalue weighted by Crippen LogP contribution is -3.06. The first-order chi connectivity index (χ1) is 12.9. The molecular weight excluding hydrogens is 413 g/mol. The number of halogens is 2. The minimum Gasteiger partial charge on any atom is -1.00 e. The largest absolute Gasteiger partial charge is 1.00 e. The molecule has 1 fully saturated rings. The smallest absolute Gasteiger partial charge is 0.341 e. The number of rotatable bonds is 3. The fourth-order valence-corrected chi connectivity index (χ4v) is 3.82. The summed E-state index contributed by atoms with van der Waals surface area (Å²) in [7, 11) is 0. The average molecular weight is 428 g/mol. The lowest BCUT2D eigenvalue weighted by molar-refractivity contribution is -0.824. The zero-order valence-electron chi connectivity index (χ0n) is 14.2. The quantitative estimate of drug-likeness (QED) is 0.333. The Balaban J connectivity index is 0.00000225. The Labute approximate surface area is 167 Å². The molecule has 1 saturated heterocycles. The minimum absolute atomic E-state index is 0. The van der Waals surface area contributed by atoms with Crippen molar-refractivity contribution in [1.82, 2.24) is 14.5 Å². The van der Waals surface area contributed by atoms with Crippen molar-refractivity contribution in [1.29, 1.82) is 0 Å². The molecule has 3 aromatic rings. The number of nitrogens with one attached hydrogen (secondary N) is 1. The van der Waals surface area contributed by atoms with Crippen molar-refractivity contribution in [3.63, 3.8) is 0 Å². The van der Waals surface area contributed by atoms with Gasteiger partial charge in [0, 0.05) is 17.8 Å². The number of nitrogens with zero attached hydrogens (tertiary/aromatic N) is 3. The fraction of sp³-hybridized carbons (Fsp3) is 0.250. The number of pyridine rings is 2. The fourth-order valence-electron chi connectivity index (χ4n) is 3.21. The number of hydrogen-bond donors (Lipinski definition) is 4. The molecule has 0 bridgehead atoms. The van der Waals surface area contributed by atoms with E-state index in [2.05, 4.69) is 9.97 Å². The molecule has 1 aliphatic rings. The van der Waals surface area contributed by atoms with E-state index in [-0.39, 0.29) is 42.3 Å². The number of thiazole rings is 1. The number of aromatic carboxylic acids is 1. The number of quaternary nitrogens is 1. The second-order valence-electron chi connectivity index (χ2n) is 6.29. The Morgan fingerprint density at radius 2 is 2.18 bits per heavy atom. The summed E-state index contributed by atoms with van der Waals surface area (Å²) in [6, 6.07) is 0.479. The number of aliphatic hydroxyl groups excluding tert-OH is 1. The molecule has 28 heavy (non-hydrogen) atoms. The second-order valence-corrected chi connectivity index (χ2v) is 7.17. The van der Waals surface area contributed by atoms with Crippen LogP contribution in [0.25, 0.3) is 16.2 Å². The van der Waals surface area contributed by atoms with Crippen LogP contribution in [0.1, 0.15) is 10.4 Å². The van der Waals surface area contributed by atoms with E-state index in [0.717, 1.165) is 12.3 Å². The van der Waals surface area contributed by atoms with Crippen LogP contribution in [0, 0.1) is 5.82 Å². The Bertz CT molecular complexity index is 1100. The predicted molar refractivity (Wildman–Crippen MR) is 94.3 cm³/mol. The van der Waals surface area contributed by atoms with E-state index in [0.29, 0.717) is 10.0 Å². The van der Waals surface area contributed by atoms with Crippen molar-refractivity contribution in [2.45, 2.75) is 12.1 Å². The van der Waals surface area contributed by atoms with Gasteiger partial charge in [0.2, 0.25) is 11.2 Å². The van der Waals surface area contributed by atoms with Gasteiger partial charge in [-0.15, -0.1) is 11.3 Å². The van der Waals surface area contributed by atoms with Crippen molar-refractivity contribution in [3.8, 4) is 5.13 Å². The molecule has 0 radical (unpaired) electrons. The number of carboxylic acids is 1. The lowest BCUT2D eigenvalue weighted by Gasteiger charge is -2.14. The van der Waals surface area contributed by atoms with Gasteiger partial charge in [-0.1, -0.05) is 0 Å². The van der Waals surface area contributed by atoms with Gasteiger partial charge in [0.05, 0.1) is 11.4 Å². The van der Waals surface area contributed by atoms with Crippen LogP contribution < -0.4 is 28.5 Å². The highest BCUT2D eigenvalue weighted by atomic mass is 35.5. The standard InChI is InChI=1S/C16H14FN5O4S.ClH/c17-9-3-7-12(24)8(15(25)26)4-22(16-19-1-2-27-16)13(7)20-14(9)21-5-10(18)11(23)6-21;/h1-4,10-11,23H,5-6,18H2,(H,25,26);1H/t10-,11-;/m0./s1. The summed E-state index contributed by atoms with van der Waals surface area (Å²) in [5, 5.41) is 21.1. The number of aliphatic hydroxyl groups is 1. The molecule has 4 rings (SSSR count). The van der Waals surface area contributed by atoms with Crippen LogP contribution >= 0.6 is 11.3 Å². The van der Waals surface area contributed by atoms with Gasteiger partial charge in [-0.3, -0.25) is 14.3 Å². The van der Waals surface area contributed by atoms with Crippen LogP contribution in [0.4, 0.5) is 10.2 Å². The topological polar surface area (TPSA) is 136 Å². The van der Waals surface area contributed by atoms with Crippen LogP contribution in [0.3, 0.4) is 0 Å². The maximum Gasteiger partial charge on any atom is 0.341 e. The van der Waals surface area contributed by atoms with Gasteiger partial charge in [0.1, 0.15) is 24.8 Å². The molecule has 0 amide bonds. The van der Waals surface area contributed by atoms with Gasteiger partial charge < -0.3 is 28.4 Å². The van der Waals surface area contributed by atoms with E-state index in [1.807, 2.05) is 0 Å². The lowest BCUT2D eigenvalue weighted by atomic mass is 10.2. The molecule has 4 heterocycles. The zero-order valence-corrected chi connectivity index (χ0v) is 15.7. The molecule has 1 aliphatic heterocycles. The van der Waals surface area contributed by atoms with Gasteiger partial charge in [-0.25, -0.2) is 9.78 Å². The third kappa shape index (κ3) is 3.27. The van der Waals surface area contributed by atoms with E-state index >= 15 is 0 Å². The van der Waals surface area contributed by atoms with Crippen LogP contribution in [0.15, 0.2) is 28.6 Å². The maximum absolute atomic E-state index is 14.7. The van der Waals surface area contributed by atoms with Crippen molar-refractivity contribution < 1.29 is 36.7 Å². The van der Waals surface area contributed by atoms with Crippen LogP contribution in [-0.4, -0.2) is 56.0 Å². The molecule has 1 unspecified atom stereocenters. The molecule has 0 saturated carbocycles. The Morgan fingerprint density at radius 1 is 1.43 bits per heavy atom. The minimum atomic E-state index is -1.42. The number of aromatic nitrogens is 3. The zero-order chi connectivity index (χ0) is 19.3. The van der Waals surface area contributed by atoms with Crippen molar-refractivity contribution in [2.24, 2.45) is 5.73 Å². The normalized spacial score (nSPS) is 21.6. The van der Waals surface area contributed by atoms with Crippen LogP contribution in [0.5, 0.6) is 0 Å². The average Bonchev–Trinajstić information content (AvgIpc) is 3.25. The number of nitrogens with two attached hydrogens (primary N) is 1. The number of carbonyl (C=O) groups is 1. The third-order valence-corrected chi connectivity index (χ3v) is 5.32. The van der Waals surface area contributed by atoms with Crippen molar-refractivity contribution in [2.75, 3.05) is 13.1 Å². The Kier molecular flexibility index (Phi) is 5.46. The molecule has 5 N–H and O–H groups in total. The molecule has 3 atom stereocenters. The summed E-state index contributed by atoms with van der Waals surface area (Å²) in [6.45, 7) is 0.469. The van der Waals surface area contributed by atoms with Gasteiger partial charge in [-0.2, -0.15) is 9.37 Å². The molecule has 9 nitrogen and oxygen atoms in total. The van der Waals surface area contributed by atoms with E-state index in [4.69, 9.17) is 5.73 Å². The number of fused-ring (bicyclic) bond motifs is 1. The summed E-state index contributed by atoms with van der Waals surface area (Å²) in [4.78, 5) is 32.9. The molecular formula is C16H15ClFN5O4S. The molecule has 0 aliphatic carbocycles. The van der Waals surface area contributed by atoms with Gasteiger partial charge in [0.15, 0.2) is 10.8 Å². The first-order valence-corrected chi connectivity index (χ1v) is 8.92. The number of hydrogen-bond acceptors (Lipinski definition) is 7. The highest BCUT2D eigenvalue weighted by Gasteiger charge is 2.36. The molecule has 0 spiro atoms. The van der Waals surface area contributed by atoms with E-state index in [1.54, 1.807) is 5.38 Å². The summed E-state index contributed by atoms with van der Waals surface area (Å²) in [5.74, 6) is -2.16. The second kappa shape index (κ2) is 7.53.